The maximum atomic E-state index is 13.0. The predicted molar refractivity (Wildman–Crippen MR) is 103 cm³/mol. The lowest BCUT2D eigenvalue weighted by molar-refractivity contribution is 0.387. The fraction of sp³-hybridized carbons (Fsp3) is 0.158. The molecule has 0 aliphatic carbocycles. The standard InChI is InChI=1S/C19H16BrN3O2S/c20-16-8-4-5-9-18(16)26(24,25)23-11-10-17-15(13-23)12-21-19(22-17)14-6-2-1-3-7-14/h1-9,12H,10-11,13H2. The van der Waals surface area contributed by atoms with Gasteiger partial charge >= 0.3 is 0 Å². The van der Waals surface area contributed by atoms with Gasteiger partial charge in [0, 0.05) is 41.3 Å². The molecule has 0 N–H and O–H groups in total. The fourth-order valence-corrected chi connectivity index (χ4v) is 5.40. The van der Waals surface area contributed by atoms with Crippen molar-refractivity contribution in [2.45, 2.75) is 17.9 Å². The maximum absolute atomic E-state index is 13.0. The van der Waals surface area contributed by atoms with Gasteiger partial charge in [0.25, 0.3) is 0 Å². The summed E-state index contributed by atoms with van der Waals surface area (Å²) in [5.41, 5.74) is 2.72. The first-order valence-electron chi connectivity index (χ1n) is 8.20. The van der Waals surface area contributed by atoms with E-state index in [2.05, 4.69) is 25.9 Å². The largest absolute Gasteiger partial charge is 0.244 e. The number of hydrogen-bond donors (Lipinski definition) is 0. The zero-order chi connectivity index (χ0) is 18.1. The SMILES string of the molecule is O=S(=O)(c1ccccc1Br)N1CCc2nc(-c3ccccc3)ncc2C1. The average molecular weight is 430 g/mol. The molecule has 1 aliphatic heterocycles. The molecule has 0 saturated carbocycles. The van der Waals surface area contributed by atoms with Crippen LogP contribution in [0, 0.1) is 0 Å². The zero-order valence-corrected chi connectivity index (χ0v) is 16.2. The molecule has 0 unspecified atom stereocenters. The Bertz CT molecular complexity index is 1060. The molecular formula is C19H16BrN3O2S. The summed E-state index contributed by atoms with van der Waals surface area (Å²) in [6.07, 6.45) is 2.31. The van der Waals surface area contributed by atoms with E-state index >= 15 is 0 Å². The Kier molecular flexibility index (Phi) is 4.60. The van der Waals surface area contributed by atoms with Crippen LogP contribution in [0.3, 0.4) is 0 Å². The van der Waals surface area contributed by atoms with E-state index in [0.29, 0.717) is 23.3 Å². The Morgan fingerprint density at radius 1 is 1.00 bits per heavy atom. The van der Waals surface area contributed by atoms with Gasteiger partial charge in [-0.15, -0.1) is 0 Å². The lowest BCUT2D eigenvalue weighted by Crippen LogP contribution is -2.36. The van der Waals surface area contributed by atoms with Crippen molar-refractivity contribution in [3.05, 3.63) is 76.5 Å². The number of nitrogens with zero attached hydrogens (tertiary/aromatic N) is 3. The van der Waals surface area contributed by atoms with Gasteiger partial charge in [0.2, 0.25) is 10.0 Å². The van der Waals surface area contributed by atoms with Gasteiger partial charge in [0.1, 0.15) is 0 Å². The second-order valence-electron chi connectivity index (χ2n) is 6.05. The van der Waals surface area contributed by atoms with E-state index < -0.39 is 10.0 Å². The van der Waals surface area contributed by atoms with E-state index in [1.165, 1.54) is 4.31 Å². The summed E-state index contributed by atoms with van der Waals surface area (Å²) in [6.45, 7) is 0.690. The number of benzene rings is 2. The molecule has 2 heterocycles. The summed E-state index contributed by atoms with van der Waals surface area (Å²) in [5, 5.41) is 0. The molecule has 0 amide bonds. The van der Waals surface area contributed by atoms with Gasteiger partial charge in [0.15, 0.2) is 5.82 Å². The minimum absolute atomic E-state index is 0.283. The molecule has 0 bridgehead atoms. The van der Waals surface area contributed by atoms with E-state index in [1.54, 1.807) is 30.5 Å². The number of sulfonamides is 1. The van der Waals surface area contributed by atoms with Crippen molar-refractivity contribution in [3.63, 3.8) is 0 Å². The van der Waals surface area contributed by atoms with Crippen molar-refractivity contribution in [3.8, 4) is 11.4 Å². The van der Waals surface area contributed by atoms with Crippen LogP contribution in [-0.4, -0.2) is 29.2 Å². The highest BCUT2D eigenvalue weighted by molar-refractivity contribution is 9.10. The molecule has 132 valence electrons. The molecular weight excluding hydrogens is 414 g/mol. The van der Waals surface area contributed by atoms with Crippen LogP contribution in [0.15, 0.2) is 70.2 Å². The van der Waals surface area contributed by atoms with Crippen molar-refractivity contribution in [2.75, 3.05) is 6.54 Å². The molecule has 0 fully saturated rings. The molecule has 0 saturated heterocycles. The van der Waals surface area contributed by atoms with Crippen molar-refractivity contribution in [1.29, 1.82) is 0 Å². The molecule has 5 nitrogen and oxygen atoms in total. The first-order chi connectivity index (χ1) is 12.6. The Morgan fingerprint density at radius 2 is 1.73 bits per heavy atom. The number of halogens is 1. The third-order valence-corrected chi connectivity index (χ3v) is 7.24. The van der Waals surface area contributed by atoms with Gasteiger partial charge in [-0.05, 0) is 28.1 Å². The molecule has 7 heteroatoms. The Morgan fingerprint density at radius 3 is 2.50 bits per heavy atom. The highest BCUT2D eigenvalue weighted by Gasteiger charge is 2.30. The molecule has 0 radical (unpaired) electrons. The summed E-state index contributed by atoms with van der Waals surface area (Å²) >= 11 is 3.34. The van der Waals surface area contributed by atoms with Crippen LogP contribution in [0.1, 0.15) is 11.3 Å². The molecule has 0 spiro atoms. The summed E-state index contributed by atoms with van der Waals surface area (Å²) in [7, 11) is -3.57. The quantitative estimate of drug-likeness (QED) is 0.637. The van der Waals surface area contributed by atoms with Crippen LogP contribution >= 0.6 is 15.9 Å². The lowest BCUT2D eigenvalue weighted by Gasteiger charge is -2.27. The first-order valence-corrected chi connectivity index (χ1v) is 10.4. The third-order valence-electron chi connectivity index (χ3n) is 4.39. The smallest absolute Gasteiger partial charge is 0.236 e. The summed E-state index contributed by atoms with van der Waals surface area (Å²) in [6, 6.07) is 16.7. The van der Waals surface area contributed by atoms with Crippen LogP contribution in [0.4, 0.5) is 0 Å². The minimum Gasteiger partial charge on any atom is -0.236 e. The zero-order valence-electron chi connectivity index (χ0n) is 13.8. The lowest BCUT2D eigenvalue weighted by atomic mass is 10.1. The molecule has 3 aromatic rings. The molecule has 4 rings (SSSR count). The van der Waals surface area contributed by atoms with Crippen LogP contribution < -0.4 is 0 Å². The maximum Gasteiger partial charge on any atom is 0.244 e. The Balaban J connectivity index is 1.64. The number of aromatic nitrogens is 2. The van der Waals surface area contributed by atoms with E-state index in [4.69, 9.17) is 0 Å². The second-order valence-corrected chi connectivity index (χ2v) is 8.81. The van der Waals surface area contributed by atoms with Crippen molar-refractivity contribution < 1.29 is 8.42 Å². The summed E-state index contributed by atoms with van der Waals surface area (Å²) in [5.74, 6) is 0.673. The van der Waals surface area contributed by atoms with Gasteiger partial charge in [-0.1, -0.05) is 42.5 Å². The van der Waals surface area contributed by atoms with E-state index in [1.807, 2.05) is 30.3 Å². The third kappa shape index (κ3) is 3.18. The molecule has 2 aromatic carbocycles. The summed E-state index contributed by atoms with van der Waals surface area (Å²) < 4.78 is 28.0. The average Bonchev–Trinajstić information content (AvgIpc) is 2.68. The second kappa shape index (κ2) is 6.90. The molecule has 1 aliphatic rings. The highest BCUT2D eigenvalue weighted by atomic mass is 79.9. The van der Waals surface area contributed by atoms with Gasteiger partial charge in [-0.2, -0.15) is 4.31 Å². The Hall–Kier alpha value is -2.09. The topological polar surface area (TPSA) is 63.2 Å². The van der Waals surface area contributed by atoms with Crippen LogP contribution in [0.5, 0.6) is 0 Å². The molecule has 0 atom stereocenters. The van der Waals surface area contributed by atoms with Crippen molar-refractivity contribution >= 4 is 26.0 Å². The number of rotatable bonds is 3. The Labute approximate surface area is 160 Å². The van der Waals surface area contributed by atoms with Gasteiger partial charge in [-0.3, -0.25) is 0 Å². The van der Waals surface area contributed by atoms with Crippen LogP contribution in [0.2, 0.25) is 0 Å². The first kappa shape index (κ1) is 17.3. The summed E-state index contributed by atoms with van der Waals surface area (Å²) in [4.78, 5) is 9.36. The van der Waals surface area contributed by atoms with E-state index in [0.717, 1.165) is 16.8 Å². The molecule has 26 heavy (non-hydrogen) atoms. The molecule has 1 aromatic heterocycles. The van der Waals surface area contributed by atoms with Crippen molar-refractivity contribution in [1.82, 2.24) is 14.3 Å². The van der Waals surface area contributed by atoms with Gasteiger partial charge in [-0.25, -0.2) is 18.4 Å². The highest BCUT2D eigenvalue weighted by Crippen LogP contribution is 2.29. The van der Waals surface area contributed by atoms with Gasteiger partial charge in [0.05, 0.1) is 10.6 Å². The van der Waals surface area contributed by atoms with Crippen molar-refractivity contribution in [2.24, 2.45) is 0 Å². The van der Waals surface area contributed by atoms with Gasteiger partial charge < -0.3 is 0 Å². The predicted octanol–water partition coefficient (Wildman–Crippen LogP) is 3.65. The van der Waals surface area contributed by atoms with Crippen LogP contribution in [0.25, 0.3) is 11.4 Å². The number of fused-ring (bicyclic) bond motifs is 1. The minimum atomic E-state index is -3.57. The van der Waals surface area contributed by atoms with E-state index in [-0.39, 0.29) is 11.4 Å². The fourth-order valence-electron chi connectivity index (χ4n) is 3.01. The van der Waals surface area contributed by atoms with Crippen LogP contribution in [-0.2, 0) is 23.0 Å². The number of hydrogen-bond acceptors (Lipinski definition) is 4. The monoisotopic (exact) mass is 429 g/mol. The van der Waals surface area contributed by atoms with E-state index in [9.17, 15) is 8.42 Å². The normalized spacial score (nSPS) is 14.8.